The number of benzene rings is 2. The summed E-state index contributed by atoms with van der Waals surface area (Å²) < 4.78 is 10.2. The molecule has 0 spiro atoms. The van der Waals surface area contributed by atoms with Crippen molar-refractivity contribution in [2.45, 2.75) is 38.8 Å². The summed E-state index contributed by atoms with van der Waals surface area (Å²) in [7, 11) is 5.16. The first kappa shape index (κ1) is 19.9. The van der Waals surface area contributed by atoms with Gasteiger partial charge in [-0.2, -0.15) is 0 Å². The van der Waals surface area contributed by atoms with E-state index >= 15 is 0 Å². The minimum absolute atomic E-state index is 0.213. The van der Waals surface area contributed by atoms with Crippen molar-refractivity contribution in [2.24, 2.45) is 4.99 Å². The number of nitrogens with zero attached hydrogens (tertiary/aromatic N) is 1. The second kappa shape index (κ2) is 9.34. The summed E-state index contributed by atoms with van der Waals surface area (Å²) in [6, 6.07) is 18.8. The molecule has 0 aromatic heterocycles. The zero-order chi connectivity index (χ0) is 19.0. The van der Waals surface area contributed by atoms with Crippen molar-refractivity contribution < 1.29 is 14.2 Å². The van der Waals surface area contributed by atoms with E-state index in [9.17, 15) is 4.79 Å². The van der Waals surface area contributed by atoms with E-state index in [2.05, 4.69) is 4.65 Å². The molecule has 26 heavy (non-hydrogen) atoms. The summed E-state index contributed by atoms with van der Waals surface area (Å²) in [6.45, 7) is 5.71. The van der Waals surface area contributed by atoms with E-state index in [0.717, 1.165) is 16.8 Å². The smallest absolute Gasteiger partial charge is 0.331 e. The highest BCUT2D eigenvalue weighted by Gasteiger charge is 2.25. The molecule has 2 rings (SSSR count). The van der Waals surface area contributed by atoms with E-state index < -0.39 is 11.6 Å². The number of hydrogen-bond donors (Lipinski definition) is 0. The highest BCUT2D eigenvalue weighted by Crippen LogP contribution is 2.16. The summed E-state index contributed by atoms with van der Waals surface area (Å²) >= 11 is 0. The number of carbonyl (C=O) groups is 1. The van der Waals surface area contributed by atoms with Crippen LogP contribution in [0.1, 0.15) is 38.3 Å². The van der Waals surface area contributed by atoms with Gasteiger partial charge in [0, 0.05) is 24.2 Å². The third kappa shape index (κ3) is 6.15. The molecule has 0 aliphatic heterocycles. The highest BCUT2D eigenvalue weighted by molar-refractivity contribution is 6.13. The quantitative estimate of drug-likeness (QED) is 0.435. The Kier molecular flexibility index (Phi) is 7.16. The van der Waals surface area contributed by atoms with Gasteiger partial charge in [0.25, 0.3) is 8.05 Å². The number of esters is 1. The van der Waals surface area contributed by atoms with Crippen LogP contribution in [0.5, 0.6) is 0 Å². The fraction of sp³-hybridized carbons (Fsp3) is 0.333. The molecular formula is C21H24BNO3. The van der Waals surface area contributed by atoms with Gasteiger partial charge in [-0.3, -0.25) is 4.99 Å². The maximum absolute atomic E-state index is 12.6. The summed E-state index contributed by atoms with van der Waals surface area (Å²) in [5, 5.41) is 0. The molecule has 2 aromatic rings. The minimum Gasteiger partial charge on any atom is -0.458 e. The van der Waals surface area contributed by atoms with Gasteiger partial charge in [-0.15, -0.1) is 0 Å². The molecule has 0 N–H and O–H groups in total. The Morgan fingerprint density at radius 3 is 1.92 bits per heavy atom. The minimum atomic E-state index is -0.701. The molecule has 0 saturated carbocycles. The van der Waals surface area contributed by atoms with E-state index in [1.165, 1.54) is 0 Å². The molecule has 0 amide bonds. The third-order valence-corrected chi connectivity index (χ3v) is 3.57. The van der Waals surface area contributed by atoms with Crippen LogP contribution in [0.3, 0.4) is 0 Å². The fourth-order valence-corrected chi connectivity index (χ4v) is 2.45. The lowest BCUT2D eigenvalue weighted by Gasteiger charge is -2.23. The Bertz CT molecular complexity index is 682. The Morgan fingerprint density at radius 1 is 1.00 bits per heavy atom. The van der Waals surface area contributed by atoms with Crippen molar-refractivity contribution in [1.29, 1.82) is 0 Å². The lowest BCUT2D eigenvalue weighted by Crippen LogP contribution is -2.32. The number of rotatable bonds is 7. The Balaban J connectivity index is 2.44. The zero-order valence-corrected chi connectivity index (χ0v) is 15.5. The average Bonchev–Trinajstić information content (AvgIpc) is 2.62. The number of carbonyl (C=O) groups excluding carboxylic acids is 1. The van der Waals surface area contributed by atoms with Gasteiger partial charge in [-0.1, -0.05) is 60.7 Å². The molecule has 4 nitrogen and oxygen atoms in total. The maximum atomic E-state index is 12.6. The van der Waals surface area contributed by atoms with E-state index in [1.54, 1.807) is 0 Å². The van der Waals surface area contributed by atoms with Gasteiger partial charge in [-0.25, -0.2) is 4.79 Å². The summed E-state index contributed by atoms with van der Waals surface area (Å²) in [5.41, 5.74) is 2.01. The van der Waals surface area contributed by atoms with Crippen molar-refractivity contribution in [3.05, 3.63) is 71.8 Å². The van der Waals surface area contributed by atoms with Crippen LogP contribution in [0.2, 0.25) is 0 Å². The number of hydrogen-bond acceptors (Lipinski definition) is 4. The van der Waals surface area contributed by atoms with Gasteiger partial charge < -0.3 is 9.39 Å². The molecule has 0 bridgehead atoms. The standard InChI is InChI=1S/C21H24BNO3/c1-21(2,3)26-20(24)18(14-15-25-22)23-19(16-10-6-4-7-11-16)17-12-8-5-9-13-17/h4-13,18H,14-15H2,1-3H3. The highest BCUT2D eigenvalue weighted by atomic mass is 16.6. The van der Waals surface area contributed by atoms with E-state index in [1.807, 2.05) is 81.4 Å². The van der Waals surface area contributed by atoms with Crippen molar-refractivity contribution in [2.75, 3.05) is 6.61 Å². The molecule has 0 aliphatic rings. The first-order chi connectivity index (χ1) is 12.4. The van der Waals surface area contributed by atoms with Gasteiger partial charge in [-0.05, 0) is 20.8 Å². The van der Waals surface area contributed by atoms with Gasteiger partial charge >= 0.3 is 5.97 Å². The Morgan fingerprint density at radius 2 is 1.50 bits per heavy atom. The van der Waals surface area contributed by atoms with Gasteiger partial charge in [0.1, 0.15) is 11.6 Å². The fourth-order valence-electron chi connectivity index (χ4n) is 2.45. The second-order valence-electron chi connectivity index (χ2n) is 6.92. The van der Waals surface area contributed by atoms with Crippen molar-refractivity contribution >= 4 is 19.7 Å². The molecule has 0 heterocycles. The lowest BCUT2D eigenvalue weighted by molar-refractivity contribution is -0.156. The van der Waals surface area contributed by atoms with Crippen LogP contribution in [0.15, 0.2) is 65.7 Å². The van der Waals surface area contributed by atoms with Crippen molar-refractivity contribution in [3.8, 4) is 0 Å². The van der Waals surface area contributed by atoms with Crippen LogP contribution in [0.25, 0.3) is 0 Å². The van der Waals surface area contributed by atoms with Gasteiger partial charge in [0.15, 0.2) is 0 Å². The van der Waals surface area contributed by atoms with E-state index in [0.29, 0.717) is 6.42 Å². The first-order valence-corrected chi connectivity index (χ1v) is 8.64. The zero-order valence-electron chi connectivity index (χ0n) is 15.5. The van der Waals surface area contributed by atoms with E-state index in [-0.39, 0.29) is 12.6 Å². The van der Waals surface area contributed by atoms with Crippen LogP contribution in [-0.4, -0.2) is 38.0 Å². The molecule has 0 aliphatic carbocycles. The number of ether oxygens (including phenoxy) is 1. The van der Waals surface area contributed by atoms with Crippen LogP contribution in [0.4, 0.5) is 0 Å². The predicted octanol–water partition coefficient (Wildman–Crippen LogP) is 3.72. The normalized spacial score (nSPS) is 12.3. The van der Waals surface area contributed by atoms with E-state index in [4.69, 9.17) is 17.8 Å². The topological polar surface area (TPSA) is 47.9 Å². The summed E-state index contributed by atoms with van der Waals surface area (Å²) in [5.74, 6) is -0.390. The molecular weight excluding hydrogens is 325 g/mol. The molecule has 0 saturated heterocycles. The molecule has 1 unspecified atom stereocenters. The first-order valence-electron chi connectivity index (χ1n) is 8.64. The molecule has 0 fully saturated rings. The molecule has 5 heteroatoms. The summed E-state index contributed by atoms with van der Waals surface area (Å²) in [6.07, 6.45) is 0.342. The number of aliphatic imine (C=N–C) groups is 1. The Hall–Kier alpha value is -2.40. The summed E-state index contributed by atoms with van der Waals surface area (Å²) in [4.78, 5) is 17.4. The van der Waals surface area contributed by atoms with Crippen LogP contribution in [-0.2, 0) is 14.2 Å². The molecule has 2 aromatic carbocycles. The van der Waals surface area contributed by atoms with Gasteiger partial charge in [0.2, 0.25) is 0 Å². The predicted molar refractivity (Wildman–Crippen MR) is 104 cm³/mol. The van der Waals surface area contributed by atoms with Gasteiger partial charge in [0.05, 0.1) is 5.71 Å². The molecule has 2 radical (unpaired) electrons. The monoisotopic (exact) mass is 349 g/mol. The van der Waals surface area contributed by atoms with Crippen LogP contribution >= 0.6 is 0 Å². The lowest BCUT2D eigenvalue weighted by atomic mass is 10.0. The van der Waals surface area contributed by atoms with Crippen LogP contribution in [0, 0.1) is 0 Å². The van der Waals surface area contributed by atoms with Crippen molar-refractivity contribution in [3.63, 3.8) is 0 Å². The maximum Gasteiger partial charge on any atom is 0.331 e. The SMILES string of the molecule is [B]OCCC(N=C(c1ccccc1)c1ccccc1)C(=O)OC(C)(C)C. The third-order valence-electron chi connectivity index (χ3n) is 3.57. The second-order valence-corrected chi connectivity index (χ2v) is 6.92. The largest absolute Gasteiger partial charge is 0.458 e. The average molecular weight is 349 g/mol. The van der Waals surface area contributed by atoms with Crippen LogP contribution < -0.4 is 0 Å². The molecule has 1 atom stereocenters. The Labute approximate surface area is 156 Å². The molecule has 134 valence electrons. The van der Waals surface area contributed by atoms with Crippen molar-refractivity contribution in [1.82, 2.24) is 0 Å².